The minimum Gasteiger partial charge on any atom is -0.0654 e. The molecule has 0 saturated carbocycles. The minimum atomic E-state index is 0.636. The van der Waals surface area contributed by atoms with Crippen LogP contribution in [0.5, 0.6) is 0 Å². The van der Waals surface area contributed by atoms with E-state index >= 15 is 0 Å². The first-order chi connectivity index (χ1) is 24.7. The van der Waals surface area contributed by atoms with Crippen molar-refractivity contribution in [2.45, 2.75) is 311 Å². The molecule has 0 aliphatic rings. The molecule has 0 saturated heterocycles. The normalized spacial score (nSPS) is 12.7. The molecule has 0 fully saturated rings. The van der Waals surface area contributed by atoms with E-state index in [9.17, 15) is 0 Å². The van der Waals surface area contributed by atoms with Gasteiger partial charge in [-0.1, -0.05) is 279 Å². The highest BCUT2D eigenvalue weighted by molar-refractivity contribution is 4.87. The van der Waals surface area contributed by atoms with Crippen LogP contribution in [0.25, 0.3) is 0 Å². The fourth-order valence-electron chi connectivity index (χ4n) is 9.27. The lowest BCUT2D eigenvalue weighted by atomic mass is 9.62. The van der Waals surface area contributed by atoms with Gasteiger partial charge in [0.1, 0.15) is 0 Å². The topological polar surface area (TPSA) is 0 Å². The van der Waals surface area contributed by atoms with Gasteiger partial charge < -0.3 is 0 Å². The van der Waals surface area contributed by atoms with Crippen LogP contribution in [0.4, 0.5) is 0 Å². The van der Waals surface area contributed by atoms with Gasteiger partial charge >= 0.3 is 0 Å². The van der Waals surface area contributed by atoms with Crippen LogP contribution in [-0.4, -0.2) is 0 Å². The Morgan fingerprint density at radius 1 is 0.220 bits per heavy atom. The van der Waals surface area contributed by atoms with E-state index in [2.05, 4.69) is 34.6 Å². The molecule has 50 heavy (non-hydrogen) atoms. The third kappa shape index (κ3) is 32.6. The lowest BCUT2D eigenvalue weighted by Gasteiger charge is -2.43. The van der Waals surface area contributed by atoms with Crippen LogP contribution in [-0.2, 0) is 0 Å². The molecule has 0 amide bonds. The highest BCUT2D eigenvalue weighted by Gasteiger charge is 2.36. The van der Waals surface area contributed by atoms with Gasteiger partial charge in [0.2, 0.25) is 0 Å². The Labute approximate surface area is 321 Å². The quantitative estimate of drug-likeness (QED) is 0.0555. The Morgan fingerprint density at radius 3 is 0.620 bits per heavy atom. The molecular weight excluding hydrogens is 601 g/mol. The van der Waals surface area contributed by atoms with Gasteiger partial charge in [-0.05, 0) is 43.4 Å². The minimum absolute atomic E-state index is 0.636. The molecule has 302 valence electrons. The zero-order valence-electron chi connectivity index (χ0n) is 36.5. The largest absolute Gasteiger partial charge is 0.0654 e. The molecule has 0 aliphatic carbocycles. The summed E-state index contributed by atoms with van der Waals surface area (Å²) in [6.07, 6.45) is 63.7. The molecule has 0 aromatic rings. The lowest BCUT2D eigenvalue weighted by Crippen LogP contribution is -2.32. The molecule has 0 heterocycles. The van der Waals surface area contributed by atoms with Crippen molar-refractivity contribution in [3.05, 3.63) is 0 Å². The second kappa shape index (κ2) is 41.8. The average Bonchev–Trinajstić information content (AvgIpc) is 3.13. The Bertz CT molecular complexity index is 541. The van der Waals surface area contributed by atoms with Gasteiger partial charge in [-0.25, -0.2) is 0 Å². The summed E-state index contributed by atoms with van der Waals surface area (Å²) in [5.74, 6) is 0.993. The standard InChI is InChI=1S/C50H102/c1-6-11-16-21-26-30-35-40-45-49(44-39-34-25-20-15-10-5)50(46-41-36-31-27-22-17-12-7-2,47-42-37-32-28-23-18-13-8-3)48-43-38-33-29-24-19-14-9-4/h49H,6-48H2,1-5H3. The van der Waals surface area contributed by atoms with E-state index < -0.39 is 0 Å². The molecule has 1 unspecified atom stereocenters. The molecule has 0 rings (SSSR count). The average molecular weight is 703 g/mol. The predicted octanol–water partition coefficient (Wildman–Crippen LogP) is 19.5. The number of unbranched alkanes of at least 4 members (excludes halogenated alkanes) is 33. The summed E-state index contributed by atoms with van der Waals surface area (Å²) in [5, 5.41) is 0. The predicted molar refractivity (Wildman–Crippen MR) is 233 cm³/mol. The SMILES string of the molecule is CCCCCCCCCCC(CCCCCCCC)C(CCCCCCCCCC)(CCCCCCCCCC)CCCCCCCCCC. The zero-order valence-corrected chi connectivity index (χ0v) is 36.5. The maximum absolute atomic E-state index is 2.37. The van der Waals surface area contributed by atoms with Crippen molar-refractivity contribution in [1.29, 1.82) is 0 Å². The van der Waals surface area contributed by atoms with E-state index in [-0.39, 0.29) is 0 Å². The molecule has 0 aromatic heterocycles. The van der Waals surface area contributed by atoms with E-state index in [4.69, 9.17) is 0 Å². The zero-order chi connectivity index (χ0) is 36.5. The summed E-state index contributed by atoms with van der Waals surface area (Å²) in [6.45, 7) is 11.8. The number of hydrogen-bond acceptors (Lipinski definition) is 0. The first kappa shape index (κ1) is 50.0. The third-order valence-corrected chi connectivity index (χ3v) is 12.8. The first-order valence-corrected chi connectivity index (χ1v) is 24.7. The van der Waals surface area contributed by atoms with Crippen molar-refractivity contribution in [3.63, 3.8) is 0 Å². The molecule has 0 N–H and O–H groups in total. The molecular formula is C50H102. The van der Waals surface area contributed by atoms with E-state index in [0.717, 1.165) is 5.92 Å². The Balaban J connectivity index is 5.69. The van der Waals surface area contributed by atoms with Crippen LogP contribution in [0, 0.1) is 11.3 Å². The van der Waals surface area contributed by atoms with Crippen molar-refractivity contribution in [3.8, 4) is 0 Å². The van der Waals surface area contributed by atoms with Gasteiger partial charge in [-0.3, -0.25) is 0 Å². The number of rotatable bonds is 44. The van der Waals surface area contributed by atoms with E-state index in [1.165, 1.54) is 244 Å². The van der Waals surface area contributed by atoms with Crippen LogP contribution in [0.2, 0.25) is 0 Å². The van der Waals surface area contributed by atoms with E-state index in [0.29, 0.717) is 5.41 Å². The Kier molecular flexibility index (Phi) is 41.8. The van der Waals surface area contributed by atoms with Gasteiger partial charge in [0.05, 0.1) is 0 Å². The summed E-state index contributed by atoms with van der Waals surface area (Å²) >= 11 is 0. The molecule has 1 atom stereocenters. The van der Waals surface area contributed by atoms with Crippen molar-refractivity contribution >= 4 is 0 Å². The van der Waals surface area contributed by atoms with Crippen molar-refractivity contribution in [1.82, 2.24) is 0 Å². The highest BCUT2D eigenvalue weighted by Crippen LogP contribution is 2.48. The van der Waals surface area contributed by atoms with E-state index in [1.54, 1.807) is 32.1 Å². The third-order valence-electron chi connectivity index (χ3n) is 12.8. The van der Waals surface area contributed by atoms with Crippen LogP contribution in [0.1, 0.15) is 311 Å². The van der Waals surface area contributed by atoms with Crippen LogP contribution < -0.4 is 0 Å². The monoisotopic (exact) mass is 703 g/mol. The molecule has 0 bridgehead atoms. The van der Waals surface area contributed by atoms with Gasteiger partial charge in [0, 0.05) is 0 Å². The second-order valence-corrected chi connectivity index (χ2v) is 17.6. The van der Waals surface area contributed by atoms with Crippen LogP contribution in [0.15, 0.2) is 0 Å². The number of hydrogen-bond donors (Lipinski definition) is 0. The fourth-order valence-corrected chi connectivity index (χ4v) is 9.27. The van der Waals surface area contributed by atoms with Gasteiger partial charge in [-0.15, -0.1) is 0 Å². The Hall–Kier alpha value is 0. The fraction of sp³-hybridized carbons (Fsp3) is 1.00. The van der Waals surface area contributed by atoms with Crippen molar-refractivity contribution in [2.75, 3.05) is 0 Å². The van der Waals surface area contributed by atoms with Crippen LogP contribution in [0.3, 0.4) is 0 Å². The molecule has 0 heteroatoms. The van der Waals surface area contributed by atoms with E-state index in [1.807, 2.05) is 0 Å². The summed E-state index contributed by atoms with van der Waals surface area (Å²) in [6, 6.07) is 0. The van der Waals surface area contributed by atoms with Crippen molar-refractivity contribution in [2.24, 2.45) is 11.3 Å². The summed E-state index contributed by atoms with van der Waals surface area (Å²) < 4.78 is 0. The molecule has 0 aliphatic heterocycles. The Morgan fingerprint density at radius 2 is 0.400 bits per heavy atom. The summed E-state index contributed by atoms with van der Waals surface area (Å²) in [4.78, 5) is 0. The maximum atomic E-state index is 2.37. The van der Waals surface area contributed by atoms with Crippen LogP contribution >= 0.6 is 0 Å². The molecule has 0 nitrogen and oxygen atoms in total. The first-order valence-electron chi connectivity index (χ1n) is 24.7. The maximum Gasteiger partial charge on any atom is -0.0269 e. The lowest BCUT2D eigenvalue weighted by molar-refractivity contribution is 0.0813. The molecule has 0 aromatic carbocycles. The smallest absolute Gasteiger partial charge is 0.0269 e. The second-order valence-electron chi connectivity index (χ2n) is 17.6. The molecule has 0 radical (unpaired) electrons. The highest BCUT2D eigenvalue weighted by atomic mass is 14.4. The van der Waals surface area contributed by atoms with Crippen molar-refractivity contribution < 1.29 is 0 Å². The summed E-state index contributed by atoms with van der Waals surface area (Å²) in [7, 11) is 0. The molecule has 0 spiro atoms. The summed E-state index contributed by atoms with van der Waals surface area (Å²) in [5.41, 5.74) is 0.636. The van der Waals surface area contributed by atoms with Gasteiger partial charge in [0.25, 0.3) is 0 Å². The van der Waals surface area contributed by atoms with Gasteiger partial charge in [0.15, 0.2) is 0 Å². The van der Waals surface area contributed by atoms with Gasteiger partial charge in [-0.2, -0.15) is 0 Å².